The number of nitrogens with one attached hydrogen (secondary N) is 1. The molecule has 2 rings (SSSR count). The van der Waals surface area contributed by atoms with Gasteiger partial charge in [0.1, 0.15) is 11.6 Å². The molecule has 0 spiro atoms. The molecule has 5 heteroatoms. The Labute approximate surface area is 96.9 Å². The molecule has 1 aromatic carbocycles. The molecule has 0 fully saturated rings. The maximum absolute atomic E-state index is 12.8. The summed E-state index contributed by atoms with van der Waals surface area (Å²) in [5.41, 5.74) is 1.44. The summed E-state index contributed by atoms with van der Waals surface area (Å²) in [5, 5.41) is 9.24. The summed E-state index contributed by atoms with van der Waals surface area (Å²) in [4.78, 5) is 7.02. The number of benzene rings is 1. The fraction of sp³-hybridized carbons (Fsp3) is 0.182. The first-order chi connectivity index (χ1) is 7.69. The van der Waals surface area contributed by atoms with E-state index in [4.69, 9.17) is 16.7 Å². The number of aliphatic hydroxyl groups excluding tert-OH is 1. The molecule has 3 nitrogen and oxygen atoms in total. The first-order valence-electron chi connectivity index (χ1n) is 4.76. The predicted octanol–water partition coefficient (Wildman–Crippen LogP) is 2.29. The quantitative estimate of drug-likeness (QED) is 0.865. The van der Waals surface area contributed by atoms with Crippen molar-refractivity contribution in [2.24, 2.45) is 0 Å². The van der Waals surface area contributed by atoms with Crippen molar-refractivity contribution in [3.63, 3.8) is 0 Å². The Balaban J connectivity index is 2.20. The van der Waals surface area contributed by atoms with Crippen LogP contribution in [0.1, 0.15) is 17.1 Å². The van der Waals surface area contributed by atoms with Crippen LogP contribution in [0.4, 0.5) is 4.39 Å². The van der Waals surface area contributed by atoms with Crippen molar-refractivity contribution in [2.75, 3.05) is 0 Å². The molecule has 16 heavy (non-hydrogen) atoms. The molecule has 0 aliphatic heterocycles. The average Bonchev–Trinajstić information content (AvgIpc) is 2.70. The highest BCUT2D eigenvalue weighted by atomic mass is 35.5. The Hall–Kier alpha value is -1.39. The van der Waals surface area contributed by atoms with Gasteiger partial charge in [0.2, 0.25) is 0 Å². The molecule has 0 saturated heterocycles. The van der Waals surface area contributed by atoms with Gasteiger partial charge in [0.05, 0.1) is 18.5 Å². The van der Waals surface area contributed by atoms with Crippen molar-refractivity contribution in [1.82, 2.24) is 9.97 Å². The lowest BCUT2D eigenvalue weighted by Crippen LogP contribution is -1.93. The van der Waals surface area contributed by atoms with Gasteiger partial charge in [-0.1, -0.05) is 17.7 Å². The number of rotatable bonds is 3. The number of nitrogens with zero attached hydrogens (tertiary/aromatic N) is 1. The van der Waals surface area contributed by atoms with Crippen molar-refractivity contribution in [3.8, 4) is 0 Å². The molecular weight excluding hydrogens is 231 g/mol. The largest absolute Gasteiger partial charge is 0.390 e. The topological polar surface area (TPSA) is 48.9 Å². The summed E-state index contributed by atoms with van der Waals surface area (Å²) in [6.45, 7) is -0.0792. The van der Waals surface area contributed by atoms with Gasteiger partial charge in [-0.25, -0.2) is 9.37 Å². The molecule has 84 valence electrons. The number of imidazole rings is 1. The van der Waals surface area contributed by atoms with E-state index in [1.807, 2.05) is 0 Å². The number of aromatic amines is 1. The SMILES string of the molecule is OCc1cnc(Cc2ccc(F)cc2Cl)[nH]1. The Morgan fingerprint density at radius 1 is 1.44 bits per heavy atom. The molecule has 0 aliphatic carbocycles. The van der Waals surface area contributed by atoms with E-state index in [0.717, 1.165) is 5.56 Å². The lowest BCUT2D eigenvalue weighted by Gasteiger charge is -2.01. The molecule has 0 aliphatic rings. The van der Waals surface area contributed by atoms with E-state index in [-0.39, 0.29) is 12.4 Å². The van der Waals surface area contributed by atoms with E-state index in [1.165, 1.54) is 12.1 Å². The Morgan fingerprint density at radius 2 is 2.25 bits per heavy atom. The molecule has 2 N–H and O–H groups in total. The maximum Gasteiger partial charge on any atom is 0.124 e. The smallest absolute Gasteiger partial charge is 0.124 e. The minimum absolute atomic E-state index is 0.0792. The van der Waals surface area contributed by atoms with Crippen molar-refractivity contribution in [1.29, 1.82) is 0 Å². The summed E-state index contributed by atoms with van der Waals surface area (Å²) >= 11 is 5.89. The van der Waals surface area contributed by atoms with Crippen molar-refractivity contribution in [3.05, 3.63) is 52.3 Å². The highest BCUT2D eigenvalue weighted by Crippen LogP contribution is 2.19. The van der Waals surface area contributed by atoms with E-state index in [1.54, 1.807) is 12.3 Å². The van der Waals surface area contributed by atoms with Gasteiger partial charge < -0.3 is 10.1 Å². The molecule has 0 unspecified atom stereocenters. The van der Waals surface area contributed by atoms with Gasteiger partial charge >= 0.3 is 0 Å². The van der Waals surface area contributed by atoms with Crippen LogP contribution in [-0.4, -0.2) is 15.1 Å². The molecule has 0 amide bonds. The number of aromatic nitrogens is 2. The van der Waals surface area contributed by atoms with Gasteiger partial charge in [0.15, 0.2) is 0 Å². The van der Waals surface area contributed by atoms with E-state index >= 15 is 0 Å². The third kappa shape index (κ3) is 2.40. The molecule has 0 saturated carbocycles. The molecular formula is C11H10ClFN2O. The van der Waals surface area contributed by atoms with Gasteiger partial charge in [-0.3, -0.25) is 0 Å². The zero-order valence-electron chi connectivity index (χ0n) is 8.37. The molecule has 0 radical (unpaired) electrons. The van der Waals surface area contributed by atoms with Crippen LogP contribution in [-0.2, 0) is 13.0 Å². The lowest BCUT2D eigenvalue weighted by molar-refractivity contribution is 0.277. The zero-order valence-corrected chi connectivity index (χ0v) is 9.13. The minimum atomic E-state index is -0.357. The fourth-order valence-electron chi connectivity index (χ4n) is 1.42. The summed E-state index contributed by atoms with van der Waals surface area (Å²) in [5.74, 6) is 0.335. The second kappa shape index (κ2) is 4.63. The number of hydrogen-bond acceptors (Lipinski definition) is 2. The van der Waals surface area contributed by atoms with Crippen LogP contribution < -0.4 is 0 Å². The second-order valence-electron chi connectivity index (χ2n) is 3.43. The highest BCUT2D eigenvalue weighted by Gasteiger charge is 2.06. The van der Waals surface area contributed by atoms with Crippen LogP contribution in [0.25, 0.3) is 0 Å². The summed E-state index contributed by atoms with van der Waals surface area (Å²) in [6, 6.07) is 4.25. The minimum Gasteiger partial charge on any atom is -0.390 e. The van der Waals surface area contributed by atoms with Gasteiger partial charge in [0, 0.05) is 11.4 Å². The highest BCUT2D eigenvalue weighted by molar-refractivity contribution is 6.31. The van der Waals surface area contributed by atoms with Gasteiger partial charge in [0.25, 0.3) is 0 Å². The zero-order chi connectivity index (χ0) is 11.5. The lowest BCUT2D eigenvalue weighted by atomic mass is 10.1. The Morgan fingerprint density at radius 3 is 2.88 bits per heavy atom. The van der Waals surface area contributed by atoms with E-state index in [9.17, 15) is 4.39 Å². The van der Waals surface area contributed by atoms with E-state index in [2.05, 4.69) is 9.97 Å². The fourth-order valence-corrected chi connectivity index (χ4v) is 1.66. The van der Waals surface area contributed by atoms with Crippen LogP contribution in [0.2, 0.25) is 5.02 Å². The standard InChI is InChI=1S/C11H10ClFN2O/c12-10-4-8(13)2-1-7(10)3-11-14-5-9(6-16)15-11/h1-2,4-5,16H,3,6H2,(H,14,15). The van der Waals surface area contributed by atoms with Crippen LogP contribution >= 0.6 is 11.6 Å². The van der Waals surface area contributed by atoms with Crippen molar-refractivity contribution < 1.29 is 9.50 Å². The molecule has 2 aromatic rings. The number of halogens is 2. The molecule has 1 heterocycles. The number of hydrogen-bond donors (Lipinski definition) is 2. The molecule has 0 bridgehead atoms. The number of H-pyrrole nitrogens is 1. The summed E-state index contributed by atoms with van der Waals surface area (Å²) < 4.78 is 12.8. The van der Waals surface area contributed by atoms with Crippen molar-refractivity contribution >= 4 is 11.6 Å². The monoisotopic (exact) mass is 240 g/mol. The van der Waals surface area contributed by atoms with Gasteiger partial charge in [-0.15, -0.1) is 0 Å². The summed E-state index contributed by atoms with van der Waals surface area (Å²) in [7, 11) is 0. The van der Waals surface area contributed by atoms with Crippen molar-refractivity contribution in [2.45, 2.75) is 13.0 Å². The third-order valence-corrected chi connectivity index (χ3v) is 2.58. The van der Waals surface area contributed by atoms with E-state index < -0.39 is 0 Å². The Kier molecular flexibility index (Phi) is 3.22. The second-order valence-corrected chi connectivity index (χ2v) is 3.83. The first-order valence-corrected chi connectivity index (χ1v) is 5.14. The molecule has 1 aromatic heterocycles. The normalized spacial score (nSPS) is 10.7. The third-order valence-electron chi connectivity index (χ3n) is 2.22. The maximum atomic E-state index is 12.8. The van der Waals surface area contributed by atoms with Crippen LogP contribution in [0.3, 0.4) is 0 Å². The Bertz CT molecular complexity index is 498. The number of aliphatic hydroxyl groups is 1. The van der Waals surface area contributed by atoms with Crippen LogP contribution in [0, 0.1) is 5.82 Å². The summed E-state index contributed by atoms with van der Waals surface area (Å²) in [6.07, 6.45) is 2.05. The first kappa shape index (κ1) is 11.1. The molecule has 0 atom stereocenters. The van der Waals surface area contributed by atoms with E-state index in [0.29, 0.717) is 23.0 Å². The predicted molar refractivity (Wildman–Crippen MR) is 58.7 cm³/mol. The van der Waals surface area contributed by atoms with Crippen LogP contribution in [0.5, 0.6) is 0 Å². The van der Waals surface area contributed by atoms with Gasteiger partial charge in [-0.05, 0) is 17.7 Å². The van der Waals surface area contributed by atoms with Gasteiger partial charge in [-0.2, -0.15) is 0 Å². The van der Waals surface area contributed by atoms with Crippen LogP contribution in [0.15, 0.2) is 24.4 Å². The average molecular weight is 241 g/mol.